The fourth-order valence-electron chi connectivity index (χ4n) is 2.02. The maximum atomic E-state index is 12.1. The first-order chi connectivity index (χ1) is 9.58. The topological polar surface area (TPSA) is 85.2 Å². The van der Waals surface area contributed by atoms with Crippen LogP contribution in [0.15, 0.2) is 40.4 Å². The Morgan fingerprint density at radius 1 is 1.30 bits per heavy atom. The molecule has 0 aromatic heterocycles. The zero-order chi connectivity index (χ0) is 14.7. The monoisotopic (exact) mass is 277 g/mol. The molecule has 0 saturated heterocycles. The number of ether oxygens (including phenoxy) is 2. The Kier molecular flexibility index (Phi) is 4.02. The normalized spacial score (nSPS) is 21.1. The fraction of sp³-hybridized carbons (Fsp3) is 0.357. The summed E-state index contributed by atoms with van der Waals surface area (Å²) >= 11 is 0. The minimum atomic E-state index is -1.27. The van der Waals surface area contributed by atoms with Gasteiger partial charge >= 0.3 is 5.97 Å². The van der Waals surface area contributed by atoms with Crippen molar-refractivity contribution in [3.63, 3.8) is 0 Å². The maximum Gasteiger partial charge on any atom is 0.340 e. The van der Waals surface area contributed by atoms with Crippen molar-refractivity contribution >= 4 is 17.5 Å². The Morgan fingerprint density at radius 3 is 2.55 bits per heavy atom. The Balaban J connectivity index is 2.40. The number of hydrogen-bond acceptors (Lipinski definition) is 5. The van der Waals surface area contributed by atoms with Gasteiger partial charge in [0.15, 0.2) is 17.3 Å². The van der Waals surface area contributed by atoms with Gasteiger partial charge in [0.05, 0.1) is 24.8 Å². The largest absolute Gasteiger partial charge is 0.490 e. The minimum Gasteiger partial charge on any atom is -0.490 e. The van der Waals surface area contributed by atoms with Gasteiger partial charge in [0.25, 0.3) is 0 Å². The molecular formula is C14H15NO5. The van der Waals surface area contributed by atoms with Crippen LogP contribution in [0.1, 0.15) is 13.8 Å². The molecule has 0 amide bonds. The zero-order valence-corrected chi connectivity index (χ0v) is 11.3. The van der Waals surface area contributed by atoms with E-state index < -0.39 is 17.7 Å². The maximum absolute atomic E-state index is 12.1. The second-order valence-corrected chi connectivity index (χ2v) is 4.15. The molecule has 0 fully saturated rings. The molecule has 0 aromatic rings. The molecule has 2 rings (SSSR count). The number of fused-ring (bicyclic) bond motifs is 1. The number of nitrogens with zero attached hydrogens (tertiary/aromatic N) is 1. The first kappa shape index (κ1) is 14.0. The van der Waals surface area contributed by atoms with Gasteiger partial charge in [0.1, 0.15) is 5.57 Å². The summed E-state index contributed by atoms with van der Waals surface area (Å²) in [5.41, 5.74) is 0.144. The highest BCUT2D eigenvalue weighted by Gasteiger charge is 2.35. The van der Waals surface area contributed by atoms with E-state index in [2.05, 4.69) is 4.99 Å². The van der Waals surface area contributed by atoms with Gasteiger partial charge in [-0.25, -0.2) is 4.79 Å². The quantitative estimate of drug-likeness (QED) is 0.769. The van der Waals surface area contributed by atoms with Crippen LogP contribution in [0.4, 0.5) is 0 Å². The molecule has 0 bridgehead atoms. The third-order valence-electron chi connectivity index (χ3n) is 2.88. The van der Waals surface area contributed by atoms with Crippen LogP contribution >= 0.6 is 0 Å². The Bertz CT molecular complexity index is 568. The molecule has 0 spiro atoms. The van der Waals surface area contributed by atoms with Gasteiger partial charge in [0.2, 0.25) is 0 Å². The molecule has 106 valence electrons. The Morgan fingerprint density at radius 2 is 1.95 bits per heavy atom. The number of carboxylic acid groups (broad SMARTS) is 1. The van der Waals surface area contributed by atoms with Gasteiger partial charge in [-0.1, -0.05) is 0 Å². The van der Waals surface area contributed by atoms with E-state index in [1.807, 2.05) is 13.8 Å². The van der Waals surface area contributed by atoms with E-state index in [0.29, 0.717) is 30.4 Å². The average molecular weight is 277 g/mol. The first-order valence-corrected chi connectivity index (χ1v) is 6.33. The van der Waals surface area contributed by atoms with Gasteiger partial charge in [0, 0.05) is 12.3 Å². The summed E-state index contributed by atoms with van der Waals surface area (Å²) in [6, 6.07) is 0. The van der Waals surface area contributed by atoms with Crippen LogP contribution in [0.2, 0.25) is 0 Å². The first-order valence-electron chi connectivity index (χ1n) is 6.33. The SMILES string of the molecule is CCOC1=CC2=NC=C(C(=O)O)C(=O)C2C=C1OCC. The van der Waals surface area contributed by atoms with Crippen molar-refractivity contribution < 1.29 is 24.2 Å². The van der Waals surface area contributed by atoms with Crippen LogP contribution in [0, 0.1) is 5.92 Å². The molecule has 2 aliphatic rings. The van der Waals surface area contributed by atoms with E-state index in [1.54, 1.807) is 12.2 Å². The van der Waals surface area contributed by atoms with Crippen LogP contribution in [0.5, 0.6) is 0 Å². The number of allylic oxidation sites excluding steroid dienone is 2. The average Bonchev–Trinajstić information content (AvgIpc) is 2.40. The Hall–Kier alpha value is -2.37. The number of aliphatic carboxylic acids is 1. The van der Waals surface area contributed by atoms with Gasteiger partial charge in [-0.3, -0.25) is 9.79 Å². The molecule has 1 N–H and O–H groups in total. The van der Waals surface area contributed by atoms with Crippen LogP contribution in [0.25, 0.3) is 0 Å². The fourth-order valence-corrected chi connectivity index (χ4v) is 2.02. The van der Waals surface area contributed by atoms with E-state index in [4.69, 9.17) is 14.6 Å². The highest BCUT2D eigenvalue weighted by Crippen LogP contribution is 2.28. The smallest absolute Gasteiger partial charge is 0.340 e. The number of hydrogen-bond donors (Lipinski definition) is 1. The molecule has 20 heavy (non-hydrogen) atoms. The van der Waals surface area contributed by atoms with E-state index >= 15 is 0 Å². The van der Waals surface area contributed by atoms with Crippen molar-refractivity contribution in [2.75, 3.05) is 13.2 Å². The summed E-state index contributed by atoms with van der Waals surface area (Å²) in [4.78, 5) is 27.1. The number of carboxylic acids is 1. The molecule has 1 aliphatic carbocycles. The number of aliphatic imine (C=N–C) groups is 1. The summed E-state index contributed by atoms with van der Waals surface area (Å²) in [5.74, 6) is -1.55. The molecule has 1 heterocycles. The molecule has 1 atom stereocenters. The zero-order valence-electron chi connectivity index (χ0n) is 11.3. The van der Waals surface area contributed by atoms with E-state index in [0.717, 1.165) is 6.20 Å². The number of carbonyl (C=O) groups excluding carboxylic acids is 1. The van der Waals surface area contributed by atoms with E-state index in [1.165, 1.54) is 0 Å². The highest BCUT2D eigenvalue weighted by atomic mass is 16.5. The van der Waals surface area contributed by atoms with Gasteiger partial charge in [-0.05, 0) is 19.9 Å². The minimum absolute atomic E-state index is 0.320. The lowest BCUT2D eigenvalue weighted by Gasteiger charge is -2.24. The predicted molar refractivity (Wildman–Crippen MR) is 71.1 cm³/mol. The second kappa shape index (κ2) is 5.73. The standard InChI is InChI=1S/C14H15NO5/c1-3-19-11-5-8-10(6-12(11)20-4-2)15-7-9(13(8)16)14(17)18/h5-8H,3-4H2,1-2H3,(H,17,18). The molecule has 1 unspecified atom stereocenters. The van der Waals surface area contributed by atoms with Gasteiger partial charge in [-0.2, -0.15) is 0 Å². The summed E-state index contributed by atoms with van der Waals surface area (Å²) in [6.07, 6.45) is 4.26. The second-order valence-electron chi connectivity index (χ2n) is 4.15. The lowest BCUT2D eigenvalue weighted by Crippen LogP contribution is -2.31. The van der Waals surface area contributed by atoms with Crippen LogP contribution in [-0.4, -0.2) is 35.8 Å². The van der Waals surface area contributed by atoms with Gasteiger partial charge < -0.3 is 14.6 Å². The summed E-state index contributed by atoms with van der Waals surface area (Å²) in [6.45, 7) is 4.54. The van der Waals surface area contributed by atoms with Crippen molar-refractivity contribution in [3.05, 3.63) is 35.4 Å². The number of rotatable bonds is 5. The highest BCUT2D eigenvalue weighted by molar-refractivity contribution is 6.28. The summed E-state index contributed by atoms with van der Waals surface area (Å²) < 4.78 is 10.9. The van der Waals surface area contributed by atoms with Crippen molar-refractivity contribution in [2.24, 2.45) is 10.9 Å². The third kappa shape index (κ3) is 2.49. The summed E-state index contributed by atoms with van der Waals surface area (Å²) in [5, 5.41) is 8.95. The Labute approximate surface area is 116 Å². The number of ketones is 1. The molecule has 6 heteroatoms. The summed E-state index contributed by atoms with van der Waals surface area (Å²) in [7, 11) is 0. The third-order valence-corrected chi connectivity index (χ3v) is 2.88. The van der Waals surface area contributed by atoms with Gasteiger partial charge in [-0.15, -0.1) is 0 Å². The molecule has 0 aromatic carbocycles. The lowest BCUT2D eigenvalue weighted by atomic mass is 9.87. The van der Waals surface area contributed by atoms with E-state index in [9.17, 15) is 9.59 Å². The number of Topliss-reactive ketones (excluding diaryl/α,β-unsaturated/α-hetero) is 1. The van der Waals surface area contributed by atoms with Crippen molar-refractivity contribution in [3.8, 4) is 0 Å². The molecule has 0 radical (unpaired) electrons. The van der Waals surface area contributed by atoms with Crippen molar-refractivity contribution in [2.45, 2.75) is 13.8 Å². The molecule has 0 saturated carbocycles. The lowest BCUT2D eigenvalue weighted by molar-refractivity contribution is -0.134. The number of carbonyl (C=O) groups is 2. The van der Waals surface area contributed by atoms with Crippen LogP contribution in [0.3, 0.4) is 0 Å². The van der Waals surface area contributed by atoms with Crippen LogP contribution in [-0.2, 0) is 19.1 Å². The molecule has 1 aliphatic heterocycles. The molecular weight excluding hydrogens is 262 g/mol. The van der Waals surface area contributed by atoms with Crippen LogP contribution < -0.4 is 0 Å². The molecule has 6 nitrogen and oxygen atoms in total. The van der Waals surface area contributed by atoms with E-state index in [-0.39, 0.29) is 5.57 Å². The van der Waals surface area contributed by atoms with Crippen molar-refractivity contribution in [1.29, 1.82) is 0 Å². The predicted octanol–water partition coefficient (Wildman–Crippen LogP) is 1.45. The van der Waals surface area contributed by atoms with Crippen molar-refractivity contribution in [1.82, 2.24) is 0 Å².